The summed E-state index contributed by atoms with van der Waals surface area (Å²) in [6.45, 7) is 4.72. The number of ether oxygens (including phenoxy) is 1. The molecule has 0 saturated carbocycles. The Morgan fingerprint density at radius 2 is 2.09 bits per heavy atom. The molecule has 1 heteroatoms. The van der Waals surface area contributed by atoms with E-state index in [1.807, 2.05) is 44.5 Å². The maximum atomic E-state index is 5.43. The van der Waals surface area contributed by atoms with Gasteiger partial charge in [0.05, 0.1) is 6.61 Å². The lowest BCUT2D eigenvalue weighted by atomic mass is 10.2. The topological polar surface area (TPSA) is 9.23 Å². The second-order valence-corrected chi connectivity index (χ2v) is 2.48. The third kappa shape index (κ3) is 2.26. The third-order valence-corrected chi connectivity index (χ3v) is 1.50. The molecule has 11 heavy (non-hydrogen) atoms. The van der Waals surface area contributed by atoms with E-state index in [1.165, 1.54) is 5.56 Å². The van der Waals surface area contributed by atoms with Crippen molar-refractivity contribution >= 4 is 0 Å². The number of benzene rings is 1. The highest BCUT2D eigenvalue weighted by Crippen LogP contribution is 2.15. The zero-order valence-corrected chi connectivity index (χ0v) is 7.00. The van der Waals surface area contributed by atoms with Crippen LogP contribution in [0.25, 0.3) is 0 Å². The summed E-state index contributed by atoms with van der Waals surface area (Å²) in [5.74, 6) is 0.977. The van der Waals surface area contributed by atoms with Gasteiger partial charge in [0, 0.05) is 0 Å². The summed E-state index contributed by atoms with van der Waals surface area (Å²) < 4.78 is 5.43. The van der Waals surface area contributed by atoms with Crippen LogP contribution in [0.3, 0.4) is 0 Å². The third-order valence-electron chi connectivity index (χ3n) is 1.50. The Morgan fingerprint density at radius 1 is 1.36 bits per heavy atom. The summed E-state index contributed by atoms with van der Waals surface area (Å²) in [6.07, 6.45) is 1.99. The molecule has 0 heterocycles. The molecule has 1 aromatic carbocycles. The molecule has 1 radical (unpaired) electrons. The number of hydrogen-bond acceptors (Lipinski definition) is 1. The van der Waals surface area contributed by atoms with Crippen molar-refractivity contribution in [3.63, 3.8) is 0 Å². The molecule has 1 rings (SSSR count). The normalized spacial score (nSPS) is 9.64. The first-order chi connectivity index (χ1) is 5.34. The first-order valence-corrected chi connectivity index (χ1v) is 3.81. The van der Waals surface area contributed by atoms with Gasteiger partial charge in [-0.2, -0.15) is 0 Å². The Bertz CT molecular complexity index is 218. The summed E-state index contributed by atoms with van der Waals surface area (Å²) in [5.41, 5.74) is 1.19. The minimum atomic E-state index is 0.685. The zero-order valence-electron chi connectivity index (χ0n) is 7.00. The molecule has 0 aliphatic heterocycles. The molecule has 0 N–H and O–H groups in total. The summed E-state index contributed by atoms with van der Waals surface area (Å²) in [5, 5.41) is 0. The van der Waals surface area contributed by atoms with Crippen LogP contribution in [0.2, 0.25) is 0 Å². The van der Waals surface area contributed by atoms with Gasteiger partial charge >= 0.3 is 0 Å². The van der Waals surface area contributed by atoms with Crippen LogP contribution in [-0.2, 0) is 0 Å². The molecular weight excluding hydrogens is 136 g/mol. The standard InChI is InChI=1S/C10H13O/c1-3-8-11-10-7-5-4-6-9(10)2/h3-7H,8H2,1-2H3. The SMILES string of the molecule is C[CH]COc1ccccc1C. The summed E-state index contributed by atoms with van der Waals surface area (Å²) in [4.78, 5) is 0. The molecule has 0 fully saturated rings. The van der Waals surface area contributed by atoms with Crippen LogP contribution in [0.1, 0.15) is 12.5 Å². The van der Waals surface area contributed by atoms with Crippen LogP contribution >= 0.6 is 0 Å². The molecule has 0 aliphatic carbocycles. The lowest BCUT2D eigenvalue weighted by Gasteiger charge is -2.06. The van der Waals surface area contributed by atoms with Gasteiger partial charge in [0.25, 0.3) is 0 Å². The Morgan fingerprint density at radius 3 is 2.73 bits per heavy atom. The largest absolute Gasteiger partial charge is 0.493 e. The van der Waals surface area contributed by atoms with Crippen LogP contribution in [0.5, 0.6) is 5.75 Å². The minimum absolute atomic E-state index is 0.685. The molecule has 0 saturated heterocycles. The molecule has 0 atom stereocenters. The highest BCUT2D eigenvalue weighted by molar-refractivity contribution is 5.31. The fraction of sp³-hybridized carbons (Fsp3) is 0.300. The van der Waals surface area contributed by atoms with Gasteiger partial charge in [0.15, 0.2) is 0 Å². The molecule has 0 aliphatic rings. The van der Waals surface area contributed by atoms with Gasteiger partial charge in [0.1, 0.15) is 5.75 Å². The molecule has 0 bridgehead atoms. The smallest absolute Gasteiger partial charge is 0.122 e. The fourth-order valence-corrected chi connectivity index (χ4v) is 0.891. The highest BCUT2D eigenvalue weighted by Gasteiger charge is 1.94. The van der Waals surface area contributed by atoms with Crippen molar-refractivity contribution in [2.45, 2.75) is 13.8 Å². The first kappa shape index (κ1) is 8.12. The van der Waals surface area contributed by atoms with E-state index < -0.39 is 0 Å². The minimum Gasteiger partial charge on any atom is -0.493 e. The summed E-state index contributed by atoms with van der Waals surface area (Å²) in [7, 11) is 0. The predicted octanol–water partition coefficient (Wildman–Crippen LogP) is 2.60. The molecular formula is C10H13O. The molecule has 0 aromatic heterocycles. The highest BCUT2D eigenvalue weighted by atomic mass is 16.5. The summed E-state index contributed by atoms with van der Waals surface area (Å²) in [6, 6.07) is 8.03. The van der Waals surface area contributed by atoms with Gasteiger partial charge in [-0.25, -0.2) is 0 Å². The summed E-state index contributed by atoms with van der Waals surface area (Å²) >= 11 is 0. The van der Waals surface area contributed by atoms with E-state index in [0.29, 0.717) is 6.61 Å². The van der Waals surface area contributed by atoms with E-state index in [1.54, 1.807) is 0 Å². The second-order valence-electron chi connectivity index (χ2n) is 2.48. The van der Waals surface area contributed by atoms with Crippen molar-refractivity contribution in [1.82, 2.24) is 0 Å². The number of para-hydroxylation sites is 1. The monoisotopic (exact) mass is 149 g/mol. The van der Waals surface area contributed by atoms with Gasteiger partial charge in [-0.05, 0) is 25.0 Å². The van der Waals surface area contributed by atoms with Crippen LogP contribution in [0.15, 0.2) is 24.3 Å². The zero-order chi connectivity index (χ0) is 8.10. The van der Waals surface area contributed by atoms with Crippen molar-refractivity contribution in [3.05, 3.63) is 36.2 Å². The molecule has 0 unspecified atom stereocenters. The Balaban J connectivity index is 2.62. The van der Waals surface area contributed by atoms with E-state index in [0.717, 1.165) is 5.75 Å². The molecule has 0 amide bonds. The van der Waals surface area contributed by atoms with Crippen LogP contribution in [-0.4, -0.2) is 6.61 Å². The van der Waals surface area contributed by atoms with E-state index in [4.69, 9.17) is 4.74 Å². The van der Waals surface area contributed by atoms with Crippen molar-refractivity contribution in [1.29, 1.82) is 0 Å². The van der Waals surface area contributed by atoms with Crippen molar-refractivity contribution < 1.29 is 4.74 Å². The number of aryl methyl sites for hydroxylation is 1. The predicted molar refractivity (Wildman–Crippen MR) is 46.6 cm³/mol. The molecule has 0 spiro atoms. The van der Waals surface area contributed by atoms with E-state index >= 15 is 0 Å². The van der Waals surface area contributed by atoms with Gasteiger partial charge in [0.2, 0.25) is 0 Å². The number of hydrogen-bond donors (Lipinski definition) is 0. The second kappa shape index (κ2) is 4.02. The number of rotatable bonds is 3. The van der Waals surface area contributed by atoms with E-state index in [2.05, 4.69) is 0 Å². The van der Waals surface area contributed by atoms with Gasteiger partial charge in [-0.15, -0.1) is 0 Å². The molecule has 59 valence electrons. The molecule has 1 nitrogen and oxygen atoms in total. The Hall–Kier alpha value is -0.980. The average molecular weight is 149 g/mol. The molecule has 1 aromatic rings. The van der Waals surface area contributed by atoms with Gasteiger partial charge in [-0.1, -0.05) is 25.1 Å². The average Bonchev–Trinajstić information content (AvgIpc) is 2.03. The Kier molecular flexibility index (Phi) is 2.96. The first-order valence-electron chi connectivity index (χ1n) is 3.81. The van der Waals surface area contributed by atoms with Gasteiger partial charge in [-0.3, -0.25) is 0 Å². The lowest BCUT2D eigenvalue weighted by molar-refractivity contribution is 0.347. The van der Waals surface area contributed by atoms with Gasteiger partial charge < -0.3 is 4.74 Å². The maximum absolute atomic E-state index is 5.43. The van der Waals surface area contributed by atoms with E-state index in [9.17, 15) is 0 Å². The van der Waals surface area contributed by atoms with Crippen molar-refractivity contribution in [2.75, 3.05) is 6.61 Å². The lowest BCUT2D eigenvalue weighted by Crippen LogP contribution is -1.96. The Labute approximate surface area is 68.0 Å². The van der Waals surface area contributed by atoms with Crippen LogP contribution in [0.4, 0.5) is 0 Å². The van der Waals surface area contributed by atoms with Crippen molar-refractivity contribution in [3.8, 4) is 5.75 Å². The van der Waals surface area contributed by atoms with Crippen LogP contribution < -0.4 is 4.74 Å². The maximum Gasteiger partial charge on any atom is 0.122 e. The quantitative estimate of drug-likeness (QED) is 0.641. The fourth-order valence-electron chi connectivity index (χ4n) is 0.891. The van der Waals surface area contributed by atoms with E-state index in [-0.39, 0.29) is 0 Å². The van der Waals surface area contributed by atoms with Crippen molar-refractivity contribution in [2.24, 2.45) is 0 Å². The van der Waals surface area contributed by atoms with Crippen LogP contribution in [0, 0.1) is 13.3 Å².